The Morgan fingerprint density at radius 1 is 0.970 bits per heavy atom. The number of nitrogens with one attached hydrogen (secondary N) is 2. The average molecular weight is 452 g/mol. The molecule has 11 heteroatoms. The van der Waals surface area contributed by atoms with Gasteiger partial charge in [-0.15, -0.1) is 0 Å². The zero-order chi connectivity index (χ0) is 23.7. The number of fused-ring (bicyclic) bond motifs is 2. The van der Waals surface area contributed by atoms with Gasteiger partial charge in [-0.25, -0.2) is 4.39 Å². The highest BCUT2D eigenvalue weighted by Crippen LogP contribution is 2.34. The van der Waals surface area contributed by atoms with Crippen LogP contribution in [-0.2, 0) is 28.0 Å². The standard InChI is InChI=1S/C22H21FN6O4/c1-12-3-14(15-6-18-13(5-17(15)23)7-26-28(18)2)16-8-27-29(19(16)4-12)11-21(31)24-9-20(30)25-10-22(32)33/h3-8H,9-11H2,1-2H3,(H,24,31)(H,25,30)(H,32,33). The monoisotopic (exact) mass is 452 g/mol. The number of hydrogen-bond acceptors (Lipinski definition) is 5. The van der Waals surface area contributed by atoms with Crippen molar-refractivity contribution in [1.82, 2.24) is 30.2 Å². The number of rotatable bonds is 7. The minimum atomic E-state index is -1.18. The third kappa shape index (κ3) is 4.52. The van der Waals surface area contributed by atoms with Crippen LogP contribution in [0, 0.1) is 12.7 Å². The summed E-state index contributed by atoms with van der Waals surface area (Å²) >= 11 is 0. The van der Waals surface area contributed by atoms with Crippen LogP contribution in [0.4, 0.5) is 4.39 Å². The van der Waals surface area contributed by atoms with Gasteiger partial charge in [0.25, 0.3) is 0 Å². The van der Waals surface area contributed by atoms with Crippen LogP contribution in [0.2, 0.25) is 0 Å². The number of aromatic nitrogens is 4. The fourth-order valence-electron chi connectivity index (χ4n) is 3.65. The Bertz CT molecular complexity index is 1410. The predicted molar refractivity (Wildman–Crippen MR) is 118 cm³/mol. The topological polar surface area (TPSA) is 131 Å². The van der Waals surface area contributed by atoms with Gasteiger partial charge in [-0.1, -0.05) is 6.07 Å². The molecule has 0 saturated carbocycles. The second-order valence-corrected chi connectivity index (χ2v) is 7.65. The number of amides is 2. The summed E-state index contributed by atoms with van der Waals surface area (Å²) in [5, 5.41) is 23.0. The molecule has 3 N–H and O–H groups in total. The number of halogens is 1. The molecular formula is C22H21FN6O4. The van der Waals surface area contributed by atoms with Crippen LogP contribution in [0.25, 0.3) is 32.9 Å². The Hall–Kier alpha value is -4.28. The van der Waals surface area contributed by atoms with Crippen LogP contribution < -0.4 is 10.6 Å². The molecule has 0 saturated heterocycles. The van der Waals surface area contributed by atoms with Gasteiger partial charge >= 0.3 is 5.97 Å². The van der Waals surface area contributed by atoms with Crippen LogP contribution >= 0.6 is 0 Å². The van der Waals surface area contributed by atoms with Gasteiger partial charge in [0, 0.05) is 23.4 Å². The van der Waals surface area contributed by atoms with Crippen molar-refractivity contribution in [3.63, 3.8) is 0 Å². The summed E-state index contributed by atoms with van der Waals surface area (Å²) in [5.74, 6) is -2.66. The molecule has 2 heterocycles. The molecule has 0 aliphatic carbocycles. The van der Waals surface area contributed by atoms with E-state index in [1.807, 2.05) is 19.1 Å². The van der Waals surface area contributed by atoms with Crippen LogP contribution in [0.15, 0.2) is 36.7 Å². The van der Waals surface area contributed by atoms with Crippen molar-refractivity contribution >= 4 is 39.6 Å². The maximum absolute atomic E-state index is 15.0. The molecule has 0 spiro atoms. The summed E-state index contributed by atoms with van der Waals surface area (Å²) < 4.78 is 18.1. The van der Waals surface area contributed by atoms with Crippen molar-refractivity contribution < 1.29 is 23.9 Å². The fraction of sp³-hybridized carbons (Fsp3) is 0.227. The molecule has 33 heavy (non-hydrogen) atoms. The highest BCUT2D eigenvalue weighted by Gasteiger charge is 2.17. The zero-order valence-corrected chi connectivity index (χ0v) is 17.9. The number of benzene rings is 2. The number of nitrogens with zero attached hydrogens (tertiary/aromatic N) is 4. The van der Waals surface area contributed by atoms with Gasteiger partial charge in [-0.3, -0.25) is 23.7 Å². The van der Waals surface area contributed by atoms with E-state index in [1.165, 1.54) is 10.7 Å². The Morgan fingerprint density at radius 3 is 2.48 bits per heavy atom. The Kier molecular flexibility index (Phi) is 5.78. The van der Waals surface area contributed by atoms with Crippen molar-refractivity contribution in [2.24, 2.45) is 7.05 Å². The number of carboxylic acid groups (broad SMARTS) is 1. The molecule has 0 aliphatic rings. The normalized spacial score (nSPS) is 11.1. The minimum absolute atomic E-state index is 0.165. The number of aryl methyl sites for hydroxylation is 2. The lowest BCUT2D eigenvalue weighted by Gasteiger charge is -2.10. The third-order valence-corrected chi connectivity index (χ3v) is 5.21. The lowest BCUT2D eigenvalue weighted by atomic mass is 9.98. The van der Waals surface area contributed by atoms with Crippen molar-refractivity contribution in [2.75, 3.05) is 13.1 Å². The van der Waals surface area contributed by atoms with Gasteiger partial charge in [0.1, 0.15) is 18.9 Å². The fourth-order valence-corrected chi connectivity index (χ4v) is 3.65. The van der Waals surface area contributed by atoms with Crippen LogP contribution in [-0.4, -0.2) is 55.5 Å². The van der Waals surface area contributed by atoms with Crippen LogP contribution in [0.1, 0.15) is 5.56 Å². The van der Waals surface area contributed by atoms with E-state index in [-0.39, 0.29) is 18.9 Å². The molecule has 0 unspecified atom stereocenters. The summed E-state index contributed by atoms with van der Waals surface area (Å²) in [6.45, 7) is 0.822. The number of aliphatic carboxylic acids is 1. The second kappa shape index (κ2) is 8.69. The average Bonchev–Trinajstić information content (AvgIpc) is 3.32. The van der Waals surface area contributed by atoms with Crippen LogP contribution in [0.5, 0.6) is 0 Å². The summed E-state index contributed by atoms with van der Waals surface area (Å²) in [6.07, 6.45) is 3.18. The summed E-state index contributed by atoms with van der Waals surface area (Å²) in [4.78, 5) is 34.4. The first-order chi connectivity index (χ1) is 15.7. The van der Waals surface area contributed by atoms with Crippen LogP contribution in [0.3, 0.4) is 0 Å². The van der Waals surface area contributed by atoms with Crippen molar-refractivity contribution in [3.8, 4) is 11.1 Å². The smallest absolute Gasteiger partial charge is 0.322 e. The molecule has 0 fully saturated rings. The molecule has 4 aromatic rings. The summed E-state index contributed by atoms with van der Waals surface area (Å²) in [7, 11) is 1.79. The number of carboxylic acids is 1. The Morgan fingerprint density at radius 2 is 1.73 bits per heavy atom. The molecule has 0 aliphatic heterocycles. The zero-order valence-electron chi connectivity index (χ0n) is 17.9. The third-order valence-electron chi connectivity index (χ3n) is 5.21. The van der Waals surface area contributed by atoms with Gasteiger partial charge < -0.3 is 15.7 Å². The highest BCUT2D eigenvalue weighted by molar-refractivity contribution is 5.98. The molecule has 2 aromatic carbocycles. The van der Waals surface area contributed by atoms with Gasteiger partial charge in [0.2, 0.25) is 11.8 Å². The lowest BCUT2D eigenvalue weighted by molar-refractivity contribution is -0.137. The van der Waals surface area contributed by atoms with Gasteiger partial charge in [0.15, 0.2) is 0 Å². The Labute approximate surface area is 187 Å². The quantitative estimate of drug-likeness (QED) is 0.388. The molecule has 2 aromatic heterocycles. The first-order valence-corrected chi connectivity index (χ1v) is 10.1. The number of carbonyl (C=O) groups excluding carboxylic acids is 2. The summed E-state index contributed by atoms with van der Waals surface area (Å²) in [6, 6.07) is 6.89. The van der Waals surface area contributed by atoms with Gasteiger partial charge in [0.05, 0.1) is 30.0 Å². The van der Waals surface area contributed by atoms with E-state index in [4.69, 9.17) is 5.11 Å². The van der Waals surface area contributed by atoms with E-state index in [9.17, 15) is 18.8 Å². The molecule has 2 amide bonds. The van der Waals surface area contributed by atoms with Gasteiger partial charge in [-0.05, 0) is 36.2 Å². The largest absolute Gasteiger partial charge is 0.480 e. The van der Waals surface area contributed by atoms with E-state index in [1.54, 1.807) is 30.2 Å². The minimum Gasteiger partial charge on any atom is -0.480 e. The van der Waals surface area contributed by atoms with E-state index >= 15 is 0 Å². The molecule has 170 valence electrons. The van der Waals surface area contributed by atoms with Crippen molar-refractivity contribution in [1.29, 1.82) is 0 Å². The molecule has 0 radical (unpaired) electrons. The molecule has 10 nitrogen and oxygen atoms in total. The predicted octanol–water partition coefficient (Wildman–Crippen LogP) is 1.35. The highest BCUT2D eigenvalue weighted by atomic mass is 19.1. The maximum atomic E-state index is 15.0. The number of hydrogen-bond donors (Lipinski definition) is 3. The lowest BCUT2D eigenvalue weighted by Crippen LogP contribution is -2.40. The first kappa shape index (κ1) is 21.9. The van der Waals surface area contributed by atoms with E-state index in [0.717, 1.165) is 11.1 Å². The van der Waals surface area contributed by atoms with Crippen molar-refractivity contribution in [2.45, 2.75) is 13.5 Å². The molecule has 0 atom stereocenters. The van der Waals surface area contributed by atoms with E-state index < -0.39 is 24.3 Å². The van der Waals surface area contributed by atoms with Crippen molar-refractivity contribution in [3.05, 3.63) is 48.0 Å². The SMILES string of the molecule is Cc1cc(-c2cc3c(cnn3C)cc2F)c2cnn(CC(=O)NCC(=O)NCC(=O)O)c2c1. The van der Waals surface area contributed by atoms with E-state index in [0.29, 0.717) is 27.4 Å². The molecule has 4 rings (SSSR count). The first-order valence-electron chi connectivity index (χ1n) is 10.1. The van der Waals surface area contributed by atoms with Gasteiger partial charge in [-0.2, -0.15) is 10.2 Å². The summed E-state index contributed by atoms with van der Waals surface area (Å²) in [5.41, 5.74) is 3.33. The molecule has 0 bridgehead atoms. The molecular weight excluding hydrogens is 431 g/mol. The number of carbonyl (C=O) groups is 3. The Balaban J connectivity index is 1.60. The second-order valence-electron chi connectivity index (χ2n) is 7.65. The maximum Gasteiger partial charge on any atom is 0.322 e. The van der Waals surface area contributed by atoms with E-state index in [2.05, 4.69) is 20.8 Å².